The molecule has 102 valence electrons. The van der Waals surface area contributed by atoms with Gasteiger partial charge in [0.1, 0.15) is 0 Å². The van der Waals surface area contributed by atoms with E-state index >= 15 is 0 Å². The first-order chi connectivity index (χ1) is 7.20. The number of carbonyl (C=O) groups is 1. The van der Waals surface area contributed by atoms with Gasteiger partial charge in [-0.2, -0.15) is 0 Å². The summed E-state index contributed by atoms with van der Waals surface area (Å²) in [6.45, 7) is 3.73. The third-order valence-corrected chi connectivity index (χ3v) is 3.38. The highest BCUT2D eigenvalue weighted by molar-refractivity contribution is 5.85. The highest BCUT2D eigenvalue weighted by atomic mass is 35.5. The molecule has 1 heterocycles. The summed E-state index contributed by atoms with van der Waals surface area (Å²) >= 11 is 0. The molecule has 3 N–H and O–H groups in total. The number of carbonyl (C=O) groups excluding carboxylic acids is 1. The Bertz CT molecular complexity index is 249. The standard InChI is InChI=1S/C11H21N3O.2ClH/c1-8-6-9(13-11(15)4-5-12)7-14(8)10-2-3-10;;/h8-10H,2-7,12H2,1H3,(H,13,15);2*1H. The molecule has 1 saturated carbocycles. The number of nitrogens with zero attached hydrogens (tertiary/aromatic N) is 1. The highest BCUT2D eigenvalue weighted by Crippen LogP contribution is 2.33. The summed E-state index contributed by atoms with van der Waals surface area (Å²) in [5, 5.41) is 3.06. The van der Waals surface area contributed by atoms with E-state index in [1.807, 2.05) is 0 Å². The average Bonchev–Trinajstić information content (AvgIpc) is 2.93. The van der Waals surface area contributed by atoms with Gasteiger partial charge in [-0.05, 0) is 26.2 Å². The first-order valence-electron chi connectivity index (χ1n) is 5.96. The summed E-state index contributed by atoms with van der Waals surface area (Å²) in [4.78, 5) is 13.9. The molecule has 1 saturated heterocycles. The van der Waals surface area contributed by atoms with Crippen LogP contribution in [0.15, 0.2) is 0 Å². The van der Waals surface area contributed by atoms with Crippen LogP contribution in [0.4, 0.5) is 0 Å². The van der Waals surface area contributed by atoms with Crippen LogP contribution in [-0.2, 0) is 4.79 Å². The van der Waals surface area contributed by atoms with Gasteiger partial charge in [-0.15, -0.1) is 24.8 Å². The summed E-state index contributed by atoms with van der Waals surface area (Å²) in [7, 11) is 0. The summed E-state index contributed by atoms with van der Waals surface area (Å²) in [6.07, 6.45) is 4.22. The lowest BCUT2D eigenvalue weighted by Gasteiger charge is -2.19. The molecule has 2 atom stereocenters. The van der Waals surface area contributed by atoms with Gasteiger partial charge in [0.05, 0.1) is 0 Å². The van der Waals surface area contributed by atoms with Crippen LogP contribution < -0.4 is 11.1 Å². The molecular weight excluding hydrogens is 261 g/mol. The van der Waals surface area contributed by atoms with Gasteiger partial charge in [0.2, 0.25) is 5.91 Å². The molecule has 2 fully saturated rings. The molecule has 0 aromatic heterocycles. The molecule has 0 radical (unpaired) electrons. The molecule has 2 rings (SSSR count). The van der Waals surface area contributed by atoms with Crippen molar-refractivity contribution in [1.82, 2.24) is 10.2 Å². The maximum absolute atomic E-state index is 11.4. The van der Waals surface area contributed by atoms with Crippen molar-refractivity contribution in [3.05, 3.63) is 0 Å². The maximum Gasteiger partial charge on any atom is 0.221 e. The van der Waals surface area contributed by atoms with Gasteiger partial charge in [0.15, 0.2) is 0 Å². The lowest BCUT2D eigenvalue weighted by Crippen LogP contribution is -2.38. The van der Waals surface area contributed by atoms with Crippen LogP contribution in [0.2, 0.25) is 0 Å². The number of rotatable bonds is 4. The van der Waals surface area contributed by atoms with E-state index in [-0.39, 0.29) is 30.7 Å². The van der Waals surface area contributed by atoms with Crippen molar-refractivity contribution in [2.24, 2.45) is 5.73 Å². The molecule has 1 amide bonds. The molecule has 0 aromatic rings. The molecular formula is C11H23Cl2N3O. The second-order valence-electron chi connectivity index (χ2n) is 4.82. The summed E-state index contributed by atoms with van der Waals surface area (Å²) in [5.74, 6) is 0.104. The van der Waals surface area contributed by atoms with Gasteiger partial charge in [-0.25, -0.2) is 0 Å². The lowest BCUT2D eigenvalue weighted by molar-refractivity contribution is -0.121. The quantitative estimate of drug-likeness (QED) is 0.807. The zero-order valence-corrected chi connectivity index (χ0v) is 11.9. The molecule has 2 aliphatic rings. The number of nitrogens with one attached hydrogen (secondary N) is 1. The first-order valence-corrected chi connectivity index (χ1v) is 5.96. The summed E-state index contributed by atoms with van der Waals surface area (Å²) in [6, 6.07) is 1.77. The molecule has 1 aliphatic carbocycles. The molecule has 17 heavy (non-hydrogen) atoms. The fourth-order valence-corrected chi connectivity index (χ4v) is 2.51. The van der Waals surface area contributed by atoms with E-state index < -0.39 is 0 Å². The van der Waals surface area contributed by atoms with Crippen LogP contribution in [0.1, 0.15) is 32.6 Å². The Hall–Kier alpha value is -0.0300. The Morgan fingerprint density at radius 3 is 2.59 bits per heavy atom. The van der Waals surface area contributed by atoms with E-state index in [0.717, 1.165) is 19.0 Å². The predicted molar refractivity (Wildman–Crippen MR) is 73.9 cm³/mol. The molecule has 0 aromatic carbocycles. The zero-order valence-electron chi connectivity index (χ0n) is 10.2. The van der Waals surface area contributed by atoms with Crippen LogP contribution in [0.25, 0.3) is 0 Å². The largest absolute Gasteiger partial charge is 0.352 e. The molecule has 2 unspecified atom stereocenters. The van der Waals surface area contributed by atoms with Crippen molar-refractivity contribution >= 4 is 30.7 Å². The van der Waals surface area contributed by atoms with E-state index in [1.54, 1.807) is 0 Å². The van der Waals surface area contributed by atoms with Crippen molar-refractivity contribution in [2.75, 3.05) is 13.1 Å². The second kappa shape index (κ2) is 7.41. The topological polar surface area (TPSA) is 58.4 Å². The van der Waals surface area contributed by atoms with Crippen molar-refractivity contribution in [3.8, 4) is 0 Å². The maximum atomic E-state index is 11.4. The summed E-state index contributed by atoms with van der Waals surface area (Å²) < 4.78 is 0. The monoisotopic (exact) mass is 283 g/mol. The predicted octanol–water partition coefficient (Wildman–Crippen LogP) is 0.920. The lowest BCUT2D eigenvalue weighted by atomic mass is 10.2. The number of hydrogen-bond donors (Lipinski definition) is 2. The van der Waals surface area contributed by atoms with E-state index in [2.05, 4.69) is 17.1 Å². The van der Waals surface area contributed by atoms with Crippen LogP contribution in [0.3, 0.4) is 0 Å². The van der Waals surface area contributed by atoms with Crippen molar-refractivity contribution in [2.45, 2.75) is 50.7 Å². The minimum absolute atomic E-state index is 0. The summed E-state index contributed by atoms with van der Waals surface area (Å²) in [5.41, 5.74) is 5.35. The van der Waals surface area contributed by atoms with E-state index in [0.29, 0.717) is 25.0 Å². The minimum atomic E-state index is 0. The van der Waals surface area contributed by atoms with Crippen molar-refractivity contribution in [3.63, 3.8) is 0 Å². The average molecular weight is 284 g/mol. The number of nitrogens with two attached hydrogens (primary N) is 1. The Labute approximate surface area is 115 Å². The fourth-order valence-electron chi connectivity index (χ4n) is 2.51. The Morgan fingerprint density at radius 2 is 2.06 bits per heavy atom. The Kier molecular flexibility index (Phi) is 7.40. The molecule has 1 aliphatic heterocycles. The first kappa shape index (κ1) is 17.0. The molecule has 6 heteroatoms. The third-order valence-electron chi connectivity index (χ3n) is 3.38. The second-order valence-corrected chi connectivity index (χ2v) is 4.82. The van der Waals surface area contributed by atoms with Crippen LogP contribution >= 0.6 is 24.8 Å². The minimum Gasteiger partial charge on any atom is -0.352 e. The number of halogens is 2. The smallest absolute Gasteiger partial charge is 0.221 e. The number of hydrogen-bond acceptors (Lipinski definition) is 3. The van der Waals surface area contributed by atoms with Gasteiger partial charge in [-0.3, -0.25) is 9.69 Å². The van der Waals surface area contributed by atoms with E-state index in [1.165, 1.54) is 12.8 Å². The molecule has 4 nitrogen and oxygen atoms in total. The van der Waals surface area contributed by atoms with E-state index in [9.17, 15) is 4.79 Å². The Morgan fingerprint density at radius 1 is 1.41 bits per heavy atom. The van der Waals surface area contributed by atoms with Crippen molar-refractivity contribution < 1.29 is 4.79 Å². The SMILES string of the molecule is CC1CC(NC(=O)CCN)CN1C1CC1.Cl.Cl. The Balaban J connectivity index is 0.00000128. The van der Waals surface area contributed by atoms with Gasteiger partial charge in [0.25, 0.3) is 0 Å². The highest BCUT2D eigenvalue weighted by Gasteiger charge is 2.38. The normalized spacial score (nSPS) is 28.1. The van der Waals surface area contributed by atoms with Gasteiger partial charge in [-0.1, -0.05) is 0 Å². The molecule has 0 spiro atoms. The third kappa shape index (κ3) is 4.62. The van der Waals surface area contributed by atoms with Crippen LogP contribution in [0, 0.1) is 0 Å². The van der Waals surface area contributed by atoms with Gasteiger partial charge in [0, 0.05) is 37.6 Å². The zero-order chi connectivity index (χ0) is 10.8. The van der Waals surface area contributed by atoms with Gasteiger partial charge >= 0.3 is 0 Å². The molecule has 0 bridgehead atoms. The van der Waals surface area contributed by atoms with Crippen LogP contribution in [0.5, 0.6) is 0 Å². The van der Waals surface area contributed by atoms with Gasteiger partial charge < -0.3 is 11.1 Å². The fraction of sp³-hybridized carbons (Fsp3) is 0.909. The van der Waals surface area contributed by atoms with Crippen LogP contribution in [-0.4, -0.2) is 42.0 Å². The number of likely N-dealkylation sites (tertiary alicyclic amines) is 1. The van der Waals surface area contributed by atoms with Crippen molar-refractivity contribution in [1.29, 1.82) is 0 Å². The number of amides is 1. The van der Waals surface area contributed by atoms with E-state index in [4.69, 9.17) is 5.73 Å².